The van der Waals surface area contributed by atoms with Crippen LogP contribution >= 0.6 is 0 Å². The van der Waals surface area contributed by atoms with Gasteiger partial charge in [0, 0.05) is 12.3 Å². The highest BCUT2D eigenvalue weighted by molar-refractivity contribution is 5.44. The molecule has 0 aromatic heterocycles. The molecule has 2 aromatic carbocycles. The van der Waals surface area contributed by atoms with Gasteiger partial charge in [-0.1, -0.05) is 12.1 Å². The molecule has 1 saturated heterocycles. The Kier molecular flexibility index (Phi) is 6.31. The standard InChI is InChI=1S/C22H28O6/c1-24-18-7-5-15(10-20(18)26-3)9-17-13-28-14-22(17,23)12-16-6-8-19(25-2)21(11-16)27-4/h5-8,10-11,17,23H,9,12-14H2,1-4H3/t17-,22+/m0/s1. The van der Waals surface area contributed by atoms with Gasteiger partial charge < -0.3 is 28.8 Å². The molecular formula is C22H28O6. The van der Waals surface area contributed by atoms with Crippen LogP contribution < -0.4 is 18.9 Å². The van der Waals surface area contributed by atoms with Gasteiger partial charge in [0.05, 0.1) is 47.3 Å². The van der Waals surface area contributed by atoms with Crippen molar-refractivity contribution in [1.29, 1.82) is 0 Å². The predicted octanol–water partition coefficient (Wildman–Crippen LogP) is 2.88. The summed E-state index contributed by atoms with van der Waals surface area (Å²) in [5.74, 6) is 2.66. The van der Waals surface area contributed by atoms with E-state index in [0.29, 0.717) is 49.1 Å². The Hall–Kier alpha value is -2.44. The summed E-state index contributed by atoms with van der Waals surface area (Å²) >= 11 is 0. The van der Waals surface area contributed by atoms with Gasteiger partial charge in [-0.05, 0) is 41.8 Å². The number of aliphatic hydroxyl groups is 1. The molecule has 28 heavy (non-hydrogen) atoms. The molecule has 152 valence electrons. The van der Waals surface area contributed by atoms with Crippen molar-refractivity contribution in [1.82, 2.24) is 0 Å². The minimum absolute atomic E-state index is 0.0290. The topological polar surface area (TPSA) is 66.4 Å². The Bertz CT molecular complexity index is 806. The normalized spacial score (nSPS) is 21.4. The average molecular weight is 388 g/mol. The third-order valence-corrected chi connectivity index (χ3v) is 5.32. The first-order valence-corrected chi connectivity index (χ1v) is 9.25. The first-order valence-electron chi connectivity index (χ1n) is 9.25. The van der Waals surface area contributed by atoms with E-state index < -0.39 is 5.60 Å². The van der Waals surface area contributed by atoms with Gasteiger partial charge in [-0.25, -0.2) is 0 Å². The highest BCUT2D eigenvalue weighted by Gasteiger charge is 2.42. The smallest absolute Gasteiger partial charge is 0.160 e. The van der Waals surface area contributed by atoms with E-state index in [1.54, 1.807) is 28.4 Å². The predicted molar refractivity (Wildman–Crippen MR) is 106 cm³/mol. The van der Waals surface area contributed by atoms with E-state index in [9.17, 15) is 5.11 Å². The molecule has 1 aliphatic heterocycles. The number of hydrogen-bond acceptors (Lipinski definition) is 6. The number of methoxy groups -OCH3 is 4. The van der Waals surface area contributed by atoms with Crippen LogP contribution in [0, 0.1) is 5.92 Å². The molecule has 0 saturated carbocycles. The van der Waals surface area contributed by atoms with Crippen molar-refractivity contribution in [2.75, 3.05) is 41.7 Å². The lowest BCUT2D eigenvalue weighted by Crippen LogP contribution is -2.40. The molecule has 0 bridgehead atoms. The molecule has 0 amide bonds. The SMILES string of the molecule is COc1ccc(C[C@H]2COC[C@]2(O)Cc2ccc(OC)c(OC)c2)cc1OC. The Labute approximate surface area is 165 Å². The summed E-state index contributed by atoms with van der Waals surface area (Å²) in [7, 11) is 6.45. The van der Waals surface area contributed by atoms with Crippen molar-refractivity contribution >= 4 is 0 Å². The van der Waals surface area contributed by atoms with Gasteiger partial charge in [0.2, 0.25) is 0 Å². The molecule has 0 aliphatic carbocycles. The highest BCUT2D eigenvalue weighted by atomic mass is 16.5. The van der Waals surface area contributed by atoms with E-state index >= 15 is 0 Å². The molecule has 0 spiro atoms. The largest absolute Gasteiger partial charge is 0.493 e. The fourth-order valence-electron chi connectivity index (χ4n) is 3.73. The van der Waals surface area contributed by atoms with Crippen LogP contribution in [0.25, 0.3) is 0 Å². The molecule has 6 nitrogen and oxygen atoms in total. The summed E-state index contributed by atoms with van der Waals surface area (Å²) < 4.78 is 27.0. The Morgan fingerprint density at radius 2 is 1.39 bits per heavy atom. The number of ether oxygens (including phenoxy) is 5. The van der Waals surface area contributed by atoms with Crippen molar-refractivity contribution < 1.29 is 28.8 Å². The van der Waals surface area contributed by atoms with E-state index in [2.05, 4.69) is 0 Å². The first-order chi connectivity index (χ1) is 13.5. The van der Waals surface area contributed by atoms with Crippen LogP contribution in [0.4, 0.5) is 0 Å². The van der Waals surface area contributed by atoms with Crippen LogP contribution in [0.5, 0.6) is 23.0 Å². The van der Waals surface area contributed by atoms with Gasteiger partial charge in [-0.15, -0.1) is 0 Å². The van der Waals surface area contributed by atoms with E-state index in [0.717, 1.165) is 11.1 Å². The average Bonchev–Trinajstić information content (AvgIpc) is 3.07. The Morgan fingerprint density at radius 1 is 0.857 bits per heavy atom. The van der Waals surface area contributed by atoms with Gasteiger partial charge in [-0.2, -0.15) is 0 Å². The van der Waals surface area contributed by atoms with Gasteiger partial charge in [0.1, 0.15) is 0 Å². The van der Waals surface area contributed by atoms with E-state index in [4.69, 9.17) is 23.7 Å². The molecule has 6 heteroatoms. The Morgan fingerprint density at radius 3 is 1.96 bits per heavy atom. The molecule has 1 fully saturated rings. The lowest BCUT2D eigenvalue weighted by molar-refractivity contribution is 0.00140. The molecule has 0 radical (unpaired) electrons. The van der Waals surface area contributed by atoms with Crippen molar-refractivity contribution in [3.63, 3.8) is 0 Å². The third kappa shape index (κ3) is 4.18. The minimum atomic E-state index is -0.952. The maximum Gasteiger partial charge on any atom is 0.160 e. The fourth-order valence-corrected chi connectivity index (χ4v) is 3.73. The second-order valence-corrected chi connectivity index (χ2v) is 7.08. The molecule has 2 aromatic rings. The molecule has 3 rings (SSSR count). The molecule has 1 aliphatic rings. The Balaban J connectivity index is 1.78. The van der Waals surface area contributed by atoms with Crippen LogP contribution in [0.2, 0.25) is 0 Å². The maximum atomic E-state index is 11.3. The lowest BCUT2D eigenvalue weighted by atomic mass is 9.81. The van der Waals surface area contributed by atoms with Crippen molar-refractivity contribution in [2.24, 2.45) is 5.92 Å². The summed E-state index contributed by atoms with van der Waals surface area (Å²) in [4.78, 5) is 0. The second-order valence-electron chi connectivity index (χ2n) is 7.08. The van der Waals surface area contributed by atoms with Crippen LogP contribution in [-0.4, -0.2) is 52.4 Å². The summed E-state index contributed by atoms with van der Waals surface area (Å²) in [5, 5.41) is 11.3. The van der Waals surface area contributed by atoms with Crippen LogP contribution in [0.3, 0.4) is 0 Å². The van der Waals surface area contributed by atoms with E-state index in [1.807, 2.05) is 36.4 Å². The highest BCUT2D eigenvalue weighted by Crippen LogP contribution is 2.36. The quantitative estimate of drug-likeness (QED) is 0.750. The molecular weight excluding hydrogens is 360 g/mol. The third-order valence-electron chi connectivity index (χ3n) is 5.32. The summed E-state index contributed by atoms with van der Waals surface area (Å²) in [6, 6.07) is 11.5. The van der Waals surface area contributed by atoms with Crippen LogP contribution in [0.1, 0.15) is 11.1 Å². The van der Waals surface area contributed by atoms with E-state index in [1.165, 1.54) is 0 Å². The van der Waals surface area contributed by atoms with Gasteiger partial charge in [-0.3, -0.25) is 0 Å². The summed E-state index contributed by atoms with van der Waals surface area (Å²) in [6.07, 6.45) is 1.16. The molecule has 1 heterocycles. The van der Waals surface area contributed by atoms with E-state index in [-0.39, 0.29) is 5.92 Å². The zero-order valence-corrected chi connectivity index (χ0v) is 16.9. The summed E-state index contributed by atoms with van der Waals surface area (Å²) in [6.45, 7) is 0.817. The minimum Gasteiger partial charge on any atom is -0.493 e. The lowest BCUT2D eigenvalue weighted by Gasteiger charge is -2.29. The van der Waals surface area contributed by atoms with Crippen molar-refractivity contribution in [2.45, 2.75) is 18.4 Å². The van der Waals surface area contributed by atoms with Crippen LogP contribution in [0.15, 0.2) is 36.4 Å². The maximum absolute atomic E-state index is 11.3. The van der Waals surface area contributed by atoms with Gasteiger partial charge >= 0.3 is 0 Å². The van der Waals surface area contributed by atoms with Gasteiger partial charge in [0.25, 0.3) is 0 Å². The van der Waals surface area contributed by atoms with Crippen LogP contribution in [-0.2, 0) is 17.6 Å². The summed E-state index contributed by atoms with van der Waals surface area (Å²) in [5.41, 5.74) is 1.09. The first kappa shape index (κ1) is 20.3. The van der Waals surface area contributed by atoms with Gasteiger partial charge in [0.15, 0.2) is 23.0 Å². The zero-order valence-electron chi connectivity index (χ0n) is 16.9. The zero-order chi connectivity index (χ0) is 20.1. The molecule has 2 atom stereocenters. The number of rotatable bonds is 8. The second kappa shape index (κ2) is 8.71. The number of benzene rings is 2. The molecule has 0 unspecified atom stereocenters. The number of hydrogen-bond donors (Lipinski definition) is 1. The van der Waals surface area contributed by atoms with Crippen molar-refractivity contribution in [3.05, 3.63) is 47.5 Å². The van der Waals surface area contributed by atoms with Crippen molar-refractivity contribution in [3.8, 4) is 23.0 Å². The monoisotopic (exact) mass is 388 g/mol. The fraction of sp³-hybridized carbons (Fsp3) is 0.455. The molecule has 1 N–H and O–H groups in total.